The molecule has 2 aliphatic carbocycles. The van der Waals surface area contributed by atoms with Gasteiger partial charge in [-0.2, -0.15) is 0 Å². The molecular formula is C27H46O5Si3. The summed E-state index contributed by atoms with van der Waals surface area (Å²) in [6.45, 7) is 14.5. The van der Waals surface area contributed by atoms with Gasteiger partial charge in [0, 0.05) is 12.2 Å². The molecule has 0 saturated carbocycles. The van der Waals surface area contributed by atoms with Gasteiger partial charge in [-0.05, 0) is 75.4 Å². The van der Waals surface area contributed by atoms with Gasteiger partial charge in [-0.25, -0.2) is 4.79 Å². The van der Waals surface area contributed by atoms with Crippen LogP contribution in [0.25, 0.3) is 0 Å². The minimum Gasteiger partial charge on any atom is -0.462 e. The molecule has 196 valence electrons. The number of allylic oxidation sites excluding steroid dienone is 8. The van der Waals surface area contributed by atoms with E-state index in [4.69, 9.17) is 18.0 Å². The van der Waals surface area contributed by atoms with Gasteiger partial charge in [0.1, 0.15) is 9.76 Å². The average molecular weight is 535 g/mol. The number of ether oxygens (including phenoxy) is 2. The van der Waals surface area contributed by atoms with E-state index in [1.807, 2.05) is 0 Å². The van der Waals surface area contributed by atoms with Gasteiger partial charge < -0.3 is 18.0 Å². The largest absolute Gasteiger partial charge is 0.462 e. The maximum absolute atomic E-state index is 11.6. The summed E-state index contributed by atoms with van der Waals surface area (Å²) in [5.74, 6) is -0.301. The third-order valence-electron chi connectivity index (χ3n) is 6.33. The molecule has 0 radical (unpaired) electrons. The molecule has 0 heterocycles. The van der Waals surface area contributed by atoms with Crippen molar-refractivity contribution < 1.29 is 22.8 Å². The second-order valence-electron chi connectivity index (χ2n) is 10.4. The molecule has 2 atom stereocenters. The van der Waals surface area contributed by atoms with E-state index in [-0.39, 0.29) is 5.97 Å². The van der Waals surface area contributed by atoms with Crippen LogP contribution in [0.5, 0.6) is 0 Å². The van der Waals surface area contributed by atoms with Gasteiger partial charge in [0.25, 0.3) is 0 Å². The Labute approximate surface area is 217 Å². The Kier molecular flexibility index (Phi) is 13.5. The van der Waals surface area contributed by atoms with E-state index in [1.54, 1.807) is 6.92 Å². The molecule has 0 aromatic carbocycles. The first-order valence-electron chi connectivity index (χ1n) is 13.1. The standard InChI is InChI=1S/C27H46O5Si3/c1-24(2)27(28)30-19-12-22-33-32-35(25-14-8-6-9-15-25,26-16-10-7-11-17-26)23-13-18-29-20-21-31-34(3,4)5/h6-11,14,16,25-26H,1,12-13,15,17-23,33H2,2-5H3. The molecule has 0 fully saturated rings. The van der Waals surface area contributed by atoms with Crippen LogP contribution in [0.3, 0.4) is 0 Å². The predicted molar refractivity (Wildman–Crippen MR) is 153 cm³/mol. The third-order valence-corrected chi connectivity index (χ3v) is 15.7. The summed E-state index contributed by atoms with van der Waals surface area (Å²) >= 11 is 0. The monoisotopic (exact) mass is 534 g/mol. The predicted octanol–water partition coefficient (Wildman–Crippen LogP) is 5.99. The molecule has 2 aliphatic rings. The SMILES string of the molecule is C=C(C)C(=O)OCCC[SiH2]O[Si](CCCOCCO[Si](C)(C)C)(C1C=CC=CC1)C1C=CC=CC1. The van der Waals surface area contributed by atoms with Crippen molar-refractivity contribution in [1.29, 1.82) is 0 Å². The van der Waals surface area contributed by atoms with E-state index in [0.717, 1.165) is 44.4 Å². The number of carbonyl (C=O) groups is 1. The molecule has 0 aromatic rings. The molecule has 35 heavy (non-hydrogen) atoms. The zero-order valence-electron chi connectivity index (χ0n) is 22.3. The smallest absolute Gasteiger partial charge is 0.333 e. The van der Waals surface area contributed by atoms with Gasteiger partial charge in [0.05, 0.1) is 19.8 Å². The Bertz CT molecular complexity index is 752. The molecule has 5 nitrogen and oxygen atoms in total. The summed E-state index contributed by atoms with van der Waals surface area (Å²) in [5.41, 5.74) is 1.42. The minimum atomic E-state index is -2.13. The van der Waals surface area contributed by atoms with Crippen molar-refractivity contribution in [3.05, 3.63) is 60.8 Å². The number of hydrogen-bond acceptors (Lipinski definition) is 5. The Morgan fingerprint density at radius 2 is 1.60 bits per heavy atom. The summed E-state index contributed by atoms with van der Waals surface area (Å²) in [6, 6.07) is 2.12. The summed E-state index contributed by atoms with van der Waals surface area (Å²) < 4.78 is 24.3. The second-order valence-corrected chi connectivity index (χ2v) is 21.1. The lowest BCUT2D eigenvalue weighted by Crippen LogP contribution is -2.48. The van der Waals surface area contributed by atoms with Crippen molar-refractivity contribution in [2.45, 2.75) is 75.4 Å². The van der Waals surface area contributed by atoms with Crippen LogP contribution in [-0.2, 0) is 22.8 Å². The topological polar surface area (TPSA) is 54.0 Å². The van der Waals surface area contributed by atoms with Gasteiger partial charge in [0.15, 0.2) is 16.6 Å². The normalized spacial score (nSPS) is 21.5. The lowest BCUT2D eigenvalue weighted by atomic mass is 10.2. The molecule has 2 rings (SSSR count). The Hall–Kier alpha value is -1.30. The lowest BCUT2D eigenvalue weighted by Gasteiger charge is -2.43. The van der Waals surface area contributed by atoms with Crippen molar-refractivity contribution in [2.75, 3.05) is 26.4 Å². The summed E-state index contributed by atoms with van der Waals surface area (Å²) in [5, 5.41) is 0. The minimum absolute atomic E-state index is 0.301. The number of rotatable bonds is 17. The van der Waals surface area contributed by atoms with E-state index >= 15 is 0 Å². The summed E-state index contributed by atoms with van der Waals surface area (Å²) in [4.78, 5) is 11.6. The van der Waals surface area contributed by atoms with Gasteiger partial charge in [-0.1, -0.05) is 55.2 Å². The van der Waals surface area contributed by atoms with Crippen molar-refractivity contribution in [2.24, 2.45) is 0 Å². The highest BCUT2D eigenvalue weighted by Gasteiger charge is 2.46. The average Bonchev–Trinajstić information content (AvgIpc) is 2.84. The second kappa shape index (κ2) is 15.7. The molecule has 0 bridgehead atoms. The molecule has 0 saturated heterocycles. The first-order valence-corrected chi connectivity index (χ1v) is 20.3. The molecule has 0 amide bonds. The first kappa shape index (κ1) is 29.9. The molecular weight excluding hydrogens is 489 g/mol. The molecule has 0 spiro atoms. The van der Waals surface area contributed by atoms with Crippen molar-refractivity contribution >= 4 is 32.4 Å². The Balaban J connectivity index is 1.96. The molecule has 0 aliphatic heterocycles. The van der Waals surface area contributed by atoms with E-state index in [1.165, 1.54) is 0 Å². The Morgan fingerprint density at radius 1 is 0.943 bits per heavy atom. The van der Waals surface area contributed by atoms with Crippen molar-refractivity contribution in [3.63, 3.8) is 0 Å². The van der Waals surface area contributed by atoms with Gasteiger partial charge in [-0.15, -0.1) is 0 Å². The third kappa shape index (κ3) is 11.1. The number of carbonyl (C=O) groups excluding carboxylic acids is 1. The van der Waals surface area contributed by atoms with Crippen LogP contribution >= 0.6 is 0 Å². The first-order chi connectivity index (χ1) is 16.7. The van der Waals surface area contributed by atoms with Crippen LogP contribution in [0.4, 0.5) is 0 Å². The fourth-order valence-corrected chi connectivity index (χ4v) is 14.0. The van der Waals surface area contributed by atoms with E-state index in [0.29, 0.717) is 36.5 Å². The zero-order chi connectivity index (χ0) is 25.6. The van der Waals surface area contributed by atoms with Crippen LogP contribution in [0.15, 0.2) is 60.8 Å². The maximum Gasteiger partial charge on any atom is 0.333 e. The fraction of sp³-hybridized carbons (Fsp3) is 0.593. The van der Waals surface area contributed by atoms with Gasteiger partial charge in [0.2, 0.25) is 0 Å². The quantitative estimate of drug-likeness (QED) is 0.0993. The summed E-state index contributed by atoms with van der Waals surface area (Å²) in [7, 11) is -4.35. The zero-order valence-corrected chi connectivity index (χ0v) is 25.7. The van der Waals surface area contributed by atoms with Crippen LogP contribution in [0.2, 0.25) is 42.8 Å². The van der Waals surface area contributed by atoms with Gasteiger partial charge >= 0.3 is 5.97 Å². The van der Waals surface area contributed by atoms with E-state index in [9.17, 15) is 4.79 Å². The van der Waals surface area contributed by atoms with Crippen LogP contribution < -0.4 is 0 Å². The highest BCUT2D eigenvalue weighted by Crippen LogP contribution is 2.46. The van der Waals surface area contributed by atoms with Crippen molar-refractivity contribution in [3.8, 4) is 0 Å². The summed E-state index contributed by atoms with van der Waals surface area (Å²) in [6.07, 6.45) is 22.1. The fourth-order valence-electron chi connectivity index (χ4n) is 4.53. The van der Waals surface area contributed by atoms with Crippen LogP contribution in [0.1, 0.15) is 32.6 Å². The van der Waals surface area contributed by atoms with Crippen LogP contribution in [-0.4, -0.2) is 58.8 Å². The molecule has 8 heteroatoms. The van der Waals surface area contributed by atoms with E-state index < -0.39 is 26.4 Å². The number of hydrogen-bond donors (Lipinski definition) is 0. The molecule has 2 unspecified atom stereocenters. The Morgan fingerprint density at radius 3 is 2.14 bits per heavy atom. The highest BCUT2D eigenvalue weighted by atomic mass is 28.4. The van der Waals surface area contributed by atoms with Crippen molar-refractivity contribution in [1.82, 2.24) is 0 Å². The highest BCUT2D eigenvalue weighted by molar-refractivity contribution is 6.81. The maximum atomic E-state index is 11.6. The molecule has 0 aromatic heterocycles. The number of esters is 1. The van der Waals surface area contributed by atoms with E-state index in [2.05, 4.69) is 74.8 Å². The van der Waals surface area contributed by atoms with Gasteiger partial charge in [-0.3, -0.25) is 0 Å². The molecule has 0 N–H and O–H groups in total. The van der Waals surface area contributed by atoms with Crippen LogP contribution in [0, 0.1) is 0 Å². The lowest BCUT2D eigenvalue weighted by molar-refractivity contribution is -0.138.